The largest absolute Gasteiger partial charge is 0.491 e. The average molecular weight is 273 g/mol. The monoisotopic (exact) mass is 273 g/mol. The van der Waals surface area contributed by atoms with E-state index >= 15 is 0 Å². The highest BCUT2D eigenvalue weighted by molar-refractivity contribution is 5.40. The summed E-state index contributed by atoms with van der Waals surface area (Å²) in [5.41, 5.74) is 2.23. The molecule has 0 aliphatic heterocycles. The van der Waals surface area contributed by atoms with Crippen LogP contribution in [0.2, 0.25) is 0 Å². The minimum absolute atomic E-state index is 0.197. The van der Waals surface area contributed by atoms with E-state index in [2.05, 4.69) is 36.4 Å². The van der Waals surface area contributed by atoms with Gasteiger partial charge in [-0.2, -0.15) is 5.10 Å². The molecule has 0 saturated heterocycles. The minimum atomic E-state index is 0.197. The zero-order chi connectivity index (χ0) is 14.5. The number of benzene rings is 1. The maximum Gasteiger partial charge on any atom is 0.120 e. The number of nitrogens with one attached hydrogen (secondary N) is 1. The highest BCUT2D eigenvalue weighted by Crippen LogP contribution is 2.17. The summed E-state index contributed by atoms with van der Waals surface area (Å²) in [6.45, 7) is 9.06. The van der Waals surface area contributed by atoms with Crippen LogP contribution in [-0.4, -0.2) is 15.9 Å². The van der Waals surface area contributed by atoms with Crippen molar-refractivity contribution in [3.8, 4) is 5.75 Å². The van der Waals surface area contributed by atoms with Gasteiger partial charge in [-0.25, -0.2) is 0 Å². The van der Waals surface area contributed by atoms with Crippen LogP contribution in [-0.2, 0) is 6.54 Å². The third-order valence-electron chi connectivity index (χ3n) is 2.90. The molecule has 20 heavy (non-hydrogen) atoms. The molecule has 1 heterocycles. The van der Waals surface area contributed by atoms with Crippen molar-refractivity contribution in [2.45, 2.75) is 46.4 Å². The Hall–Kier alpha value is -1.97. The summed E-state index contributed by atoms with van der Waals surface area (Å²) in [5.74, 6) is 0.914. The molecular formula is C16H23N3O. The lowest BCUT2D eigenvalue weighted by molar-refractivity contribution is 0.242. The van der Waals surface area contributed by atoms with Gasteiger partial charge in [0.05, 0.1) is 18.0 Å². The van der Waals surface area contributed by atoms with Crippen molar-refractivity contribution in [2.24, 2.45) is 0 Å². The van der Waals surface area contributed by atoms with Gasteiger partial charge in [0.1, 0.15) is 5.75 Å². The van der Waals surface area contributed by atoms with E-state index in [1.54, 1.807) is 0 Å². The predicted molar refractivity (Wildman–Crippen MR) is 82.1 cm³/mol. The van der Waals surface area contributed by atoms with E-state index < -0.39 is 0 Å². The molecule has 0 fully saturated rings. The number of hydrogen-bond acceptors (Lipinski definition) is 3. The Kier molecular flexibility index (Phi) is 4.66. The van der Waals surface area contributed by atoms with Gasteiger partial charge in [-0.15, -0.1) is 0 Å². The van der Waals surface area contributed by atoms with Crippen LogP contribution in [0.5, 0.6) is 5.75 Å². The van der Waals surface area contributed by atoms with E-state index in [-0.39, 0.29) is 6.10 Å². The molecule has 1 N–H and O–H groups in total. The first kappa shape index (κ1) is 14.4. The molecule has 0 radical (unpaired) electrons. The van der Waals surface area contributed by atoms with Gasteiger partial charge in [0.25, 0.3) is 0 Å². The fourth-order valence-electron chi connectivity index (χ4n) is 1.92. The number of anilines is 1. The molecule has 1 aromatic heterocycles. The quantitative estimate of drug-likeness (QED) is 0.868. The second-order valence-corrected chi connectivity index (χ2v) is 5.47. The first-order chi connectivity index (χ1) is 9.54. The third kappa shape index (κ3) is 4.02. The molecule has 108 valence electrons. The number of hydrogen-bond donors (Lipinski definition) is 1. The van der Waals surface area contributed by atoms with E-state index in [4.69, 9.17) is 4.74 Å². The molecule has 0 unspecified atom stereocenters. The highest BCUT2D eigenvalue weighted by atomic mass is 16.5. The molecule has 2 rings (SSSR count). The van der Waals surface area contributed by atoms with Crippen molar-refractivity contribution in [2.75, 3.05) is 5.32 Å². The fourth-order valence-corrected chi connectivity index (χ4v) is 1.92. The summed E-state index contributed by atoms with van der Waals surface area (Å²) in [4.78, 5) is 0. The van der Waals surface area contributed by atoms with E-state index in [0.29, 0.717) is 6.04 Å². The normalized spacial score (nSPS) is 11.1. The van der Waals surface area contributed by atoms with Gasteiger partial charge < -0.3 is 10.1 Å². The first-order valence-electron chi connectivity index (χ1n) is 7.08. The summed E-state index contributed by atoms with van der Waals surface area (Å²) in [6, 6.07) is 8.55. The SMILES string of the molecule is CC(C)Oc1cccc(CNc2cnn(C(C)C)c2)c1. The van der Waals surface area contributed by atoms with Crippen molar-refractivity contribution in [3.05, 3.63) is 42.2 Å². The van der Waals surface area contributed by atoms with Gasteiger partial charge in [-0.3, -0.25) is 4.68 Å². The lowest BCUT2D eigenvalue weighted by Crippen LogP contribution is -2.06. The van der Waals surface area contributed by atoms with E-state index in [1.165, 1.54) is 5.56 Å². The van der Waals surface area contributed by atoms with Crippen LogP contribution >= 0.6 is 0 Å². The zero-order valence-electron chi connectivity index (χ0n) is 12.6. The van der Waals surface area contributed by atoms with Crippen LogP contribution in [0.4, 0.5) is 5.69 Å². The van der Waals surface area contributed by atoms with Crippen LogP contribution < -0.4 is 10.1 Å². The summed E-state index contributed by atoms with van der Waals surface area (Å²) >= 11 is 0. The molecular weight excluding hydrogens is 250 g/mol. The van der Waals surface area contributed by atoms with E-state index in [1.807, 2.05) is 43.1 Å². The van der Waals surface area contributed by atoms with Gasteiger partial charge >= 0.3 is 0 Å². The van der Waals surface area contributed by atoms with Gasteiger partial charge in [0.15, 0.2) is 0 Å². The first-order valence-corrected chi connectivity index (χ1v) is 7.08. The smallest absolute Gasteiger partial charge is 0.120 e. The molecule has 0 atom stereocenters. The molecule has 0 aliphatic rings. The standard InChI is InChI=1S/C16H23N3O/c1-12(2)19-11-15(10-18-19)17-9-14-6-5-7-16(8-14)20-13(3)4/h5-8,10-13,17H,9H2,1-4H3. The summed E-state index contributed by atoms with van der Waals surface area (Å²) in [7, 11) is 0. The molecule has 1 aromatic carbocycles. The maximum absolute atomic E-state index is 5.70. The van der Waals surface area contributed by atoms with Crippen LogP contribution in [0.3, 0.4) is 0 Å². The Bertz CT molecular complexity index is 546. The second-order valence-electron chi connectivity index (χ2n) is 5.47. The zero-order valence-corrected chi connectivity index (χ0v) is 12.6. The third-order valence-corrected chi connectivity index (χ3v) is 2.90. The van der Waals surface area contributed by atoms with Crippen molar-refractivity contribution >= 4 is 5.69 Å². The summed E-state index contributed by atoms with van der Waals surface area (Å²) < 4.78 is 7.64. The number of rotatable bonds is 6. The molecule has 0 amide bonds. The molecule has 4 nitrogen and oxygen atoms in total. The van der Waals surface area contributed by atoms with Crippen LogP contribution in [0.1, 0.15) is 39.3 Å². The van der Waals surface area contributed by atoms with Crippen LogP contribution in [0.25, 0.3) is 0 Å². The summed E-state index contributed by atoms with van der Waals surface area (Å²) in [6.07, 6.45) is 4.08. The van der Waals surface area contributed by atoms with Crippen LogP contribution in [0.15, 0.2) is 36.7 Å². The molecule has 0 aliphatic carbocycles. The van der Waals surface area contributed by atoms with Gasteiger partial charge in [-0.05, 0) is 45.4 Å². The fraction of sp³-hybridized carbons (Fsp3) is 0.438. The Labute approximate surface area is 120 Å². The lowest BCUT2D eigenvalue weighted by atomic mass is 10.2. The predicted octanol–water partition coefficient (Wildman–Crippen LogP) is 3.86. The topological polar surface area (TPSA) is 39.1 Å². The van der Waals surface area contributed by atoms with Gasteiger partial charge in [-0.1, -0.05) is 12.1 Å². The van der Waals surface area contributed by atoms with E-state index in [9.17, 15) is 0 Å². The average Bonchev–Trinajstić information content (AvgIpc) is 2.85. The molecule has 0 saturated carbocycles. The highest BCUT2D eigenvalue weighted by Gasteiger charge is 2.03. The van der Waals surface area contributed by atoms with Crippen LogP contribution in [0, 0.1) is 0 Å². The molecule has 0 spiro atoms. The Morgan fingerprint density at radius 1 is 1.25 bits per heavy atom. The second kappa shape index (κ2) is 6.46. The number of nitrogens with zero attached hydrogens (tertiary/aromatic N) is 2. The Balaban J connectivity index is 1.96. The van der Waals surface area contributed by atoms with Gasteiger partial charge in [0.2, 0.25) is 0 Å². The maximum atomic E-state index is 5.70. The van der Waals surface area contributed by atoms with Crippen molar-refractivity contribution in [1.82, 2.24) is 9.78 Å². The molecule has 0 bridgehead atoms. The lowest BCUT2D eigenvalue weighted by Gasteiger charge is -2.11. The van der Waals surface area contributed by atoms with Crippen molar-refractivity contribution < 1.29 is 4.74 Å². The van der Waals surface area contributed by atoms with Crippen molar-refractivity contribution in [1.29, 1.82) is 0 Å². The van der Waals surface area contributed by atoms with Gasteiger partial charge in [0, 0.05) is 18.8 Å². The molecule has 2 aromatic rings. The van der Waals surface area contributed by atoms with E-state index in [0.717, 1.165) is 18.0 Å². The summed E-state index contributed by atoms with van der Waals surface area (Å²) in [5, 5.41) is 7.69. The Morgan fingerprint density at radius 3 is 2.70 bits per heavy atom. The Morgan fingerprint density at radius 2 is 2.05 bits per heavy atom. The number of aromatic nitrogens is 2. The van der Waals surface area contributed by atoms with Crippen molar-refractivity contribution in [3.63, 3.8) is 0 Å². The molecule has 4 heteroatoms. The minimum Gasteiger partial charge on any atom is -0.491 e. The number of ether oxygens (including phenoxy) is 1.